The molecule has 0 spiro atoms. The van der Waals surface area contributed by atoms with Gasteiger partial charge >= 0.3 is 0 Å². The van der Waals surface area contributed by atoms with Gasteiger partial charge in [0.15, 0.2) is 0 Å². The summed E-state index contributed by atoms with van der Waals surface area (Å²) in [6.07, 6.45) is 1.65. The van der Waals surface area contributed by atoms with Gasteiger partial charge in [0.05, 0.1) is 11.9 Å². The fourth-order valence-corrected chi connectivity index (χ4v) is 1.22. The Balaban J connectivity index is 2.51. The minimum Gasteiger partial charge on any atom is -0.492 e. The number of aromatic amines is 2. The molecule has 2 heterocycles. The molecule has 0 aromatic carbocycles. The van der Waals surface area contributed by atoms with Crippen LogP contribution in [0.2, 0.25) is 0 Å². The van der Waals surface area contributed by atoms with Crippen molar-refractivity contribution in [1.29, 1.82) is 0 Å². The molecule has 0 radical (unpaired) electrons. The molecule has 3 N–H and O–H groups in total. The molecule has 2 aromatic heterocycles. The smallest absolute Gasteiger partial charge is 0.239 e. The van der Waals surface area contributed by atoms with Crippen LogP contribution < -0.4 is 0 Å². The van der Waals surface area contributed by atoms with Crippen molar-refractivity contribution in [2.75, 3.05) is 0 Å². The number of aromatic nitrogens is 4. The summed E-state index contributed by atoms with van der Waals surface area (Å²) in [6.45, 7) is 3.64. The number of hydrogen-bond donors (Lipinski definition) is 3. The zero-order chi connectivity index (χ0) is 9.42. The van der Waals surface area contributed by atoms with Gasteiger partial charge in [0, 0.05) is 0 Å². The quantitative estimate of drug-likeness (QED) is 0.612. The molecule has 5 heteroatoms. The molecule has 2 rings (SSSR count). The van der Waals surface area contributed by atoms with E-state index in [1.54, 1.807) is 13.1 Å². The lowest BCUT2D eigenvalue weighted by atomic mass is 10.3. The summed E-state index contributed by atoms with van der Waals surface area (Å²) in [5, 5.41) is 9.40. The van der Waals surface area contributed by atoms with Crippen LogP contribution >= 0.6 is 0 Å². The molecule has 0 atom stereocenters. The van der Waals surface area contributed by atoms with E-state index in [1.165, 1.54) is 0 Å². The molecule has 0 aliphatic carbocycles. The largest absolute Gasteiger partial charge is 0.492 e. The van der Waals surface area contributed by atoms with Crippen LogP contribution in [0.25, 0.3) is 11.4 Å². The maximum absolute atomic E-state index is 9.40. The van der Waals surface area contributed by atoms with Crippen molar-refractivity contribution in [3.8, 4) is 17.3 Å². The summed E-state index contributed by atoms with van der Waals surface area (Å²) in [5.41, 5.74) is 1.33. The first kappa shape index (κ1) is 7.85. The Morgan fingerprint density at radius 1 is 1.23 bits per heavy atom. The number of H-pyrrole nitrogens is 2. The van der Waals surface area contributed by atoms with Crippen molar-refractivity contribution in [3.63, 3.8) is 0 Å². The topological polar surface area (TPSA) is 77.6 Å². The molecule has 0 aliphatic rings. The summed E-state index contributed by atoms with van der Waals surface area (Å²) in [4.78, 5) is 13.8. The van der Waals surface area contributed by atoms with Gasteiger partial charge in [-0.2, -0.15) is 4.98 Å². The van der Waals surface area contributed by atoms with Gasteiger partial charge < -0.3 is 15.1 Å². The molecular formula is C8H10N4O. The molecule has 0 bridgehead atoms. The average molecular weight is 178 g/mol. The first-order valence-corrected chi connectivity index (χ1v) is 3.94. The first-order chi connectivity index (χ1) is 6.16. The molecule has 0 saturated carbocycles. The minimum absolute atomic E-state index is 0.00106. The van der Waals surface area contributed by atoms with Crippen LogP contribution in [0.3, 0.4) is 0 Å². The molecule has 0 unspecified atom stereocenters. The highest BCUT2D eigenvalue weighted by molar-refractivity contribution is 5.59. The number of imidazole rings is 2. The SMILES string of the molecule is Cc1ncc(-c2[nH]c(C)nc2O)[nH]1. The van der Waals surface area contributed by atoms with E-state index in [2.05, 4.69) is 19.9 Å². The summed E-state index contributed by atoms with van der Waals surface area (Å²) < 4.78 is 0. The lowest BCUT2D eigenvalue weighted by Crippen LogP contribution is -1.78. The molecule has 68 valence electrons. The predicted molar refractivity (Wildman–Crippen MR) is 47.3 cm³/mol. The predicted octanol–water partition coefficient (Wildman–Crippen LogP) is 1.12. The van der Waals surface area contributed by atoms with Crippen molar-refractivity contribution < 1.29 is 5.11 Å². The summed E-state index contributed by atoms with van der Waals surface area (Å²) >= 11 is 0. The second-order valence-electron chi connectivity index (χ2n) is 2.90. The van der Waals surface area contributed by atoms with Crippen LogP contribution in [-0.4, -0.2) is 25.0 Å². The third-order valence-corrected chi connectivity index (χ3v) is 1.78. The van der Waals surface area contributed by atoms with Crippen LogP contribution in [0.15, 0.2) is 6.20 Å². The zero-order valence-corrected chi connectivity index (χ0v) is 7.42. The molecule has 0 fully saturated rings. The van der Waals surface area contributed by atoms with E-state index >= 15 is 0 Å². The van der Waals surface area contributed by atoms with E-state index in [0.717, 1.165) is 11.5 Å². The lowest BCUT2D eigenvalue weighted by Gasteiger charge is -1.91. The number of hydrogen-bond acceptors (Lipinski definition) is 3. The molecule has 13 heavy (non-hydrogen) atoms. The summed E-state index contributed by atoms with van der Waals surface area (Å²) in [5.74, 6) is 1.49. The van der Waals surface area contributed by atoms with Gasteiger partial charge in [0.1, 0.15) is 17.3 Å². The average Bonchev–Trinajstić information content (AvgIpc) is 2.58. The number of aromatic hydroxyl groups is 1. The molecule has 0 amide bonds. The number of rotatable bonds is 1. The Labute approximate surface area is 74.9 Å². The zero-order valence-electron chi connectivity index (χ0n) is 7.42. The highest BCUT2D eigenvalue weighted by Gasteiger charge is 2.10. The van der Waals surface area contributed by atoms with E-state index in [0.29, 0.717) is 11.5 Å². The Hall–Kier alpha value is -1.78. The van der Waals surface area contributed by atoms with Gasteiger partial charge in [0.2, 0.25) is 5.88 Å². The van der Waals surface area contributed by atoms with Gasteiger partial charge in [0.25, 0.3) is 0 Å². The van der Waals surface area contributed by atoms with E-state index < -0.39 is 0 Å². The van der Waals surface area contributed by atoms with Gasteiger partial charge in [-0.15, -0.1) is 0 Å². The number of nitrogens with zero attached hydrogens (tertiary/aromatic N) is 2. The molecule has 5 nitrogen and oxygen atoms in total. The van der Waals surface area contributed by atoms with Crippen molar-refractivity contribution in [3.05, 3.63) is 17.8 Å². The van der Waals surface area contributed by atoms with E-state index in [9.17, 15) is 5.11 Å². The van der Waals surface area contributed by atoms with Crippen LogP contribution in [0.1, 0.15) is 11.6 Å². The van der Waals surface area contributed by atoms with Crippen LogP contribution in [0.4, 0.5) is 0 Å². The summed E-state index contributed by atoms with van der Waals surface area (Å²) in [7, 11) is 0. The van der Waals surface area contributed by atoms with Crippen molar-refractivity contribution in [2.24, 2.45) is 0 Å². The first-order valence-electron chi connectivity index (χ1n) is 3.94. The van der Waals surface area contributed by atoms with Crippen molar-refractivity contribution in [2.45, 2.75) is 13.8 Å². The van der Waals surface area contributed by atoms with E-state index in [1.807, 2.05) is 6.92 Å². The van der Waals surface area contributed by atoms with E-state index in [-0.39, 0.29) is 5.88 Å². The Bertz CT molecular complexity index is 429. The molecule has 2 aromatic rings. The third kappa shape index (κ3) is 1.28. The fourth-order valence-electron chi connectivity index (χ4n) is 1.22. The standard InChI is InChI=1S/C8H10N4O/c1-4-9-3-6(10-4)7-8(13)12-5(2)11-7/h3,13H,1-2H3,(H,9,10)(H,11,12). The number of aryl methyl sites for hydroxylation is 2. The Kier molecular flexibility index (Phi) is 1.58. The second-order valence-corrected chi connectivity index (χ2v) is 2.90. The monoisotopic (exact) mass is 178 g/mol. The van der Waals surface area contributed by atoms with Gasteiger partial charge in [-0.3, -0.25) is 0 Å². The summed E-state index contributed by atoms with van der Waals surface area (Å²) in [6, 6.07) is 0. The highest BCUT2D eigenvalue weighted by Crippen LogP contribution is 2.24. The van der Waals surface area contributed by atoms with Gasteiger partial charge in [-0.1, -0.05) is 0 Å². The maximum atomic E-state index is 9.40. The number of nitrogens with one attached hydrogen (secondary N) is 2. The maximum Gasteiger partial charge on any atom is 0.239 e. The Morgan fingerprint density at radius 2 is 2.00 bits per heavy atom. The molecule has 0 aliphatic heterocycles. The fraction of sp³-hybridized carbons (Fsp3) is 0.250. The minimum atomic E-state index is 0.00106. The molecule has 0 saturated heterocycles. The second kappa shape index (κ2) is 2.62. The lowest BCUT2D eigenvalue weighted by molar-refractivity contribution is 0.457. The van der Waals surface area contributed by atoms with Crippen LogP contribution in [0, 0.1) is 13.8 Å². The third-order valence-electron chi connectivity index (χ3n) is 1.78. The van der Waals surface area contributed by atoms with Crippen LogP contribution in [0.5, 0.6) is 5.88 Å². The normalized spacial score (nSPS) is 10.6. The van der Waals surface area contributed by atoms with Gasteiger partial charge in [-0.25, -0.2) is 4.98 Å². The van der Waals surface area contributed by atoms with Crippen molar-refractivity contribution in [1.82, 2.24) is 19.9 Å². The Morgan fingerprint density at radius 3 is 2.46 bits per heavy atom. The molecular weight excluding hydrogens is 168 g/mol. The highest BCUT2D eigenvalue weighted by atomic mass is 16.3. The van der Waals surface area contributed by atoms with Crippen molar-refractivity contribution >= 4 is 0 Å². The van der Waals surface area contributed by atoms with Crippen LogP contribution in [-0.2, 0) is 0 Å². The van der Waals surface area contributed by atoms with E-state index in [4.69, 9.17) is 0 Å². The van der Waals surface area contributed by atoms with Gasteiger partial charge in [-0.05, 0) is 13.8 Å².